The molecule has 96 valence electrons. The molecule has 0 aromatic heterocycles. The zero-order chi connectivity index (χ0) is 13.4. The molecule has 0 N–H and O–H groups in total. The lowest BCUT2D eigenvalue weighted by Crippen LogP contribution is -2.35. The van der Waals surface area contributed by atoms with Crippen LogP contribution >= 0.6 is 0 Å². The first-order valence-electron chi connectivity index (χ1n) is 4.81. The van der Waals surface area contributed by atoms with Crippen LogP contribution in [0.2, 0.25) is 0 Å². The molecule has 0 spiro atoms. The van der Waals surface area contributed by atoms with Crippen molar-refractivity contribution >= 4 is 25.7 Å². The molecular formula is C10H15NO4S2. The van der Waals surface area contributed by atoms with Crippen LogP contribution in [-0.2, 0) is 20.0 Å². The number of rotatable bonds is 3. The maximum absolute atomic E-state index is 11.5. The topological polar surface area (TPSA) is 71.5 Å². The highest BCUT2D eigenvalue weighted by atomic mass is 32.3. The molecule has 0 aliphatic heterocycles. The Hall–Kier alpha value is -1.08. The van der Waals surface area contributed by atoms with E-state index in [1.165, 1.54) is 12.1 Å². The Labute approximate surface area is 102 Å². The summed E-state index contributed by atoms with van der Waals surface area (Å²) in [7, 11) is -7.72. The van der Waals surface area contributed by atoms with Crippen LogP contribution < -0.4 is 3.71 Å². The van der Waals surface area contributed by atoms with Crippen molar-refractivity contribution in [1.82, 2.24) is 0 Å². The molecule has 0 heterocycles. The molecule has 0 saturated heterocycles. The van der Waals surface area contributed by atoms with Gasteiger partial charge in [0.15, 0.2) is 0 Å². The summed E-state index contributed by atoms with van der Waals surface area (Å²) in [6, 6.07) is 4.70. The lowest BCUT2D eigenvalue weighted by atomic mass is 10.1. The highest BCUT2D eigenvalue weighted by Crippen LogP contribution is 2.23. The van der Waals surface area contributed by atoms with E-state index >= 15 is 0 Å². The standard InChI is InChI=1S/C10H15NO4S2/c1-8-5-6-10(7-9(8)2)11(16(3,12)13)17(4,14)15/h5-7H,1-4H3. The van der Waals surface area contributed by atoms with Gasteiger partial charge in [-0.15, -0.1) is 0 Å². The molecule has 0 radical (unpaired) electrons. The zero-order valence-corrected chi connectivity index (χ0v) is 11.8. The first-order chi connectivity index (χ1) is 7.53. The number of nitrogens with zero attached hydrogens (tertiary/aromatic N) is 1. The Morgan fingerprint density at radius 1 is 0.882 bits per heavy atom. The molecule has 0 amide bonds. The van der Waals surface area contributed by atoms with Gasteiger partial charge in [0.05, 0.1) is 18.2 Å². The van der Waals surface area contributed by atoms with E-state index in [4.69, 9.17) is 0 Å². The number of anilines is 1. The molecule has 0 aliphatic carbocycles. The third-order valence-corrected chi connectivity index (χ3v) is 5.55. The predicted molar refractivity (Wildman–Crippen MR) is 68.1 cm³/mol. The Balaban J connectivity index is 3.50. The van der Waals surface area contributed by atoms with Gasteiger partial charge in [0.25, 0.3) is 0 Å². The van der Waals surface area contributed by atoms with Crippen LogP contribution in [0, 0.1) is 13.8 Å². The third kappa shape index (κ3) is 3.19. The fourth-order valence-corrected chi connectivity index (χ4v) is 4.43. The van der Waals surface area contributed by atoms with Gasteiger partial charge < -0.3 is 0 Å². The second-order valence-electron chi connectivity index (χ2n) is 3.99. The van der Waals surface area contributed by atoms with Gasteiger partial charge in [-0.25, -0.2) is 16.8 Å². The van der Waals surface area contributed by atoms with Crippen LogP contribution in [0.4, 0.5) is 5.69 Å². The van der Waals surface area contributed by atoms with Gasteiger partial charge in [0, 0.05) is 0 Å². The molecular weight excluding hydrogens is 262 g/mol. The average molecular weight is 277 g/mol. The van der Waals surface area contributed by atoms with Crippen LogP contribution in [0.5, 0.6) is 0 Å². The van der Waals surface area contributed by atoms with Crippen molar-refractivity contribution in [3.63, 3.8) is 0 Å². The van der Waals surface area contributed by atoms with Crippen molar-refractivity contribution in [2.24, 2.45) is 0 Å². The molecule has 17 heavy (non-hydrogen) atoms. The van der Waals surface area contributed by atoms with E-state index in [1.807, 2.05) is 6.92 Å². The van der Waals surface area contributed by atoms with Gasteiger partial charge in [0.2, 0.25) is 20.0 Å². The monoisotopic (exact) mass is 277 g/mol. The largest absolute Gasteiger partial charge is 0.245 e. The van der Waals surface area contributed by atoms with E-state index in [9.17, 15) is 16.8 Å². The smallest absolute Gasteiger partial charge is 0.206 e. The molecule has 0 bridgehead atoms. The van der Waals surface area contributed by atoms with Crippen molar-refractivity contribution in [2.45, 2.75) is 13.8 Å². The summed E-state index contributed by atoms with van der Waals surface area (Å²) >= 11 is 0. The number of aryl methyl sites for hydroxylation is 2. The van der Waals surface area contributed by atoms with Gasteiger partial charge in [-0.3, -0.25) is 0 Å². The van der Waals surface area contributed by atoms with Gasteiger partial charge >= 0.3 is 0 Å². The third-order valence-electron chi connectivity index (χ3n) is 2.30. The zero-order valence-electron chi connectivity index (χ0n) is 10.1. The number of sulfonamides is 2. The molecule has 0 atom stereocenters. The highest BCUT2D eigenvalue weighted by Gasteiger charge is 2.27. The van der Waals surface area contributed by atoms with Crippen LogP contribution in [0.3, 0.4) is 0 Å². The van der Waals surface area contributed by atoms with E-state index in [-0.39, 0.29) is 5.69 Å². The predicted octanol–water partition coefficient (Wildman–Crippen LogP) is 1.03. The van der Waals surface area contributed by atoms with E-state index < -0.39 is 20.0 Å². The molecule has 7 heteroatoms. The SMILES string of the molecule is Cc1ccc(N(S(C)(=O)=O)S(C)(=O)=O)cc1C. The Kier molecular flexibility index (Phi) is 3.54. The Morgan fingerprint density at radius 2 is 1.35 bits per heavy atom. The summed E-state index contributed by atoms with van der Waals surface area (Å²) in [6.45, 7) is 3.66. The fourth-order valence-electron chi connectivity index (χ4n) is 1.47. The number of hydrogen-bond donors (Lipinski definition) is 0. The summed E-state index contributed by atoms with van der Waals surface area (Å²) in [5, 5.41) is 0. The molecule has 1 rings (SSSR count). The van der Waals surface area contributed by atoms with E-state index in [0.717, 1.165) is 23.6 Å². The van der Waals surface area contributed by atoms with Crippen LogP contribution in [-0.4, -0.2) is 29.3 Å². The molecule has 0 unspecified atom stereocenters. The minimum atomic E-state index is -3.86. The normalized spacial score (nSPS) is 12.5. The molecule has 1 aromatic carbocycles. The second kappa shape index (κ2) is 4.30. The van der Waals surface area contributed by atoms with E-state index in [1.54, 1.807) is 13.0 Å². The summed E-state index contributed by atoms with van der Waals surface area (Å²) in [4.78, 5) is 0. The van der Waals surface area contributed by atoms with Gasteiger partial charge in [0.1, 0.15) is 0 Å². The minimum Gasteiger partial charge on any atom is -0.206 e. The maximum atomic E-state index is 11.5. The first-order valence-corrected chi connectivity index (χ1v) is 8.51. The van der Waals surface area contributed by atoms with Crippen LogP contribution in [0.15, 0.2) is 18.2 Å². The summed E-state index contributed by atoms with van der Waals surface area (Å²) in [5.74, 6) is 0. The Morgan fingerprint density at radius 3 is 1.71 bits per heavy atom. The van der Waals surface area contributed by atoms with Crippen molar-refractivity contribution < 1.29 is 16.8 Å². The van der Waals surface area contributed by atoms with Crippen molar-refractivity contribution in [3.05, 3.63) is 29.3 Å². The van der Waals surface area contributed by atoms with Gasteiger partial charge in [-0.1, -0.05) is 6.07 Å². The average Bonchev–Trinajstić information content (AvgIpc) is 2.06. The van der Waals surface area contributed by atoms with E-state index in [0.29, 0.717) is 3.71 Å². The molecule has 5 nitrogen and oxygen atoms in total. The number of hydrogen-bond acceptors (Lipinski definition) is 4. The minimum absolute atomic E-state index is 0.137. The summed E-state index contributed by atoms with van der Waals surface area (Å²) in [6.07, 6.45) is 1.73. The summed E-state index contributed by atoms with van der Waals surface area (Å²) < 4.78 is 46.5. The van der Waals surface area contributed by atoms with Crippen molar-refractivity contribution in [1.29, 1.82) is 0 Å². The fraction of sp³-hybridized carbons (Fsp3) is 0.400. The first kappa shape index (κ1) is 14.0. The lowest BCUT2D eigenvalue weighted by molar-refractivity contribution is 0.590. The quantitative estimate of drug-likeness (QED) is 0.827. The van der Waals surface area contributed by atoms with Gasteiger partial charge in [-0.2, -0.15) is 3.71 Å². The Bertz CT molecular complexity index is 600. The van der Waals surface area contributed by atoms with Crippen LogP contribution in [0.1, 0.15) is 11.1 Å². The van der Waals surface area contributed by atoms with E-state index in [2.05, 4.69) is 0 Å². The van der Waals surface area contributed by atoms with Crippen LogP contribution in [0.25, 0.3) is 0 Å². The molecule has 0 aliphatic rings. The summed E-state index contributed by atoms with van der Waals surface area (Å²) in [5.41, 5.74) is 1.94. The second-order valence-corrected chi connectivity index (χ2v) is 7.89. The maximum Gasteiger partial charge on any atom is 0.245 e. The van der Waals surface area contributed by atoms with Crippen molar-refractivity contribution in [3.8, 4) is 0 Å². The van der Waals surface area contributed by atoms with Crippen molar-refractivity contribution in [2.75, 3.05) is 16.2 Å². The molecule has 0 fully saturated rings. The highest BCUT2D eigenvalue weighted by molar-refractivity contribution is 8.09. The molecule has 1 aromatic rings. The lowest BCUT2D eigenvalue weighted by Gasteiger charge is -2.20. The van der Waals surface area contributed by atoms with Gasteiger partial charge in [-0.05, 0) is 37.1 Å². The molecule has 0 saturated carbocycles. The number of benzene rings is 1.